The highest BCUT2D eigenvalue weighted by molar-refractivity contribution is 7.85. The second-order valence-corrected chi connectivity index (χ2v) is 7.93. The molecule has 6 heteroatoms. The minimum absolute atomic E-state index is 0.178. The van der Waals surface area contributed by atoms with E-state index in [1.807, 2.05) is 6.92 Å². The highest BCUT2D eigenvalue weighted by Gasteiger charge is 2.23. The normalized spacial score (nSPS) is 14.0. The van der Waals surface area contributed by atoms with Crippen molar-refractivity contribution < 1.29 is 17.5 Å². The van der Waals surface area contributed by atoms with Crippen LogP contribution in [0.1, 0.15) is 23.7 Å². The van der Waals surface area contributed by atoms with Crippen LogP contribution >= 0.6 is 0 Å². The maximum absolute atomic E-state index is 10.4. The number of hydrogen-bond acceptors (Lipinski definition) is 3. The lowest BCUT2D eigenvalue weighted by Gasteiger charge is -2.09. The highest BCUT2D eigenvalue weighted by atomic mass is 32.2. The van der Waals surface area contributed by atoms with Crippen molar-refractivity contribution in [2.45, 2.75) is 25.2 Å². The molecule has 0 bridgehead atoms. The van der Waals surface area contributed by atoms with Gasteiger partial charge in [0.2, 0.25) is 0 Å². The Morgan fingerprint density at radius 1 is 1.04 bits per heavy atom. The zero-order valence-corrected chi connectivity index (χ0v) is 15.9. The van der Waals surface area contributed by atoms with Crippen LogP contribution in [0.3, 0.4) is 0 Å². The van der Waals surface area contributed by atoms with E-state index >= 15 is 0 Å². The molecule has 0 unspecified atom stereocenters. The number of nitrogens with one attached hydrogen (secondary N) is 1. The minimum Gasteiger partial charge on any atom is -0.744 e. The van der Waals surface area contributed by atoms with Crippen molar-refractivity contribution in [1.29, 1.82) is 0 Å². The van der Waals surface area contributed by atoms with Crippen LogP contribution in [0, 0.1) is 6.92 Å². The first-order valence-corrected chi connectivity index (χ1v) is 9.85. The predicted octanol–water partition coefficient (Wildman–Crippen LogP) is 3.07. The molecule has 0 saturated carbocycles. The van der Waals surface area contributed by atoms with E-state index in [1.54, 1.807) is 12.1 Å². The number of nitrogens with zero attached hydrogens (tertiary/aromatic N) is 1. The lowest BCUT2D eigenvalue weighted by Crippen LogP contribution is -2.24. The highest BCUT2D eigenvalue weighted by Crippen LogP contribution is 2.25. The van der Waals surface area contributed by atoms with Crippen molar-refractivity contribution in [2.75, 3.05) is 13.6 Å². The lowest BCUT2D eigenvalue weighted by molar-refractivity contribution is -0.498. The van der Waals surface area contributed by atoms with E-state index in [1.165, 1.54) is 40.0 Å². The van der Waals surface area contributed by atoms with Gasteiger partial charge in [-0.1, -0.05) is 35.9 Å². The van der Waals surface area contributed by atoms with Crippen molar-refractivity contribution in [3.05, 3.63) is 65.4 Å². The monoisotopic (exact) mass is 370 g/mol. The van der Waals surface area contributed by atoms with Crippen molar-refractivity contribution in [2.24, 2.45) is 0 Å². The molecule has 1 aliphatic heterocycles. The van der Waals surface area contributed by atoms with Crippen molar-refractivity contribution in [1.82, 2.24) is 4.98 Å². The van der Waals surface area contributed by atoms with E-state index in [4.69, 9.17) is 0 Å². The van der Waals surface area contributed by atoms with Crippen LogP contribution in [-0.2, 0) is 16.5 Å². The first-order chi connectivity index (χ1) is 12.3. The Bertz CT molecular complexity index is 1080. The molecule has 2 heterocycles. The fourth-order valence-electron chi connectivity index (χ4n) is 3.11. The maximum Gasteiger partial charge on any atom is 0.196 e. The van der Waals surface area contributed by atoms with Crippen LogP contribution in [-0.4, -0.2) is 41.8 Å². The Hall–Kier alpha value is -2.44. The number of H-pyrrole nitrogens is 1. The summed E-state index contributed by atoms with van der Waals surface area (Å²) in [4.78, 5) is 3.34. The molecule has 0 atom stereocenters. The largest absolute Gasteiger partial charge is 0.744 e. The van der Waals surface area contributed by atoms with E-state index < -0.39 is 10.1 Å². The Labute approximate surface area is 153 Å². The summed E-state index contributed by atoms with van der Waals surface area (Å²) in [6.07, 6.45) is 1.15. The van der Waals surface area contributed by atoms with Gasteiger partial charge in [0.25, 0.3) is 0 Å². The van der Waals surface area contributed by atoms with Gasteiger partial charge < -0.3 is 9.54 Å². The molecule has 2 aromatic carbocycles. The molecule has 1 N–H and O–H groups in total. The third-order valence-corrected chi connectivity index (χ3v) is 5.60. The van der Waals surface area contributed by atoms with Crippen LogP contribution < -0.4 is 0 Å². The Balaban J connectivity index is 0.000000160. The summed E-state index contributed by atoms with van der Waals surface area (Å²) in [6.45, 7) is 5.13. The van der Waals surface area contributed by atoms with Crippen molar-refractivity contribution in [3.8, 4) is 0 Å². The quantitative estimate of drug-likeness (QED) is 0.528. The molecule has 5 nitrogen and oxygen atoms in total. The third kappa shape index (κ3) is 3.71. The zero-order valence-electron chi connectivity index (χ0n) is 15.1. The van der Waals surface area contributed by atoms with E-state index in [0.29, 0.717) is 0 Å². The smallest absolute Gasteiger partial charge is 0.196 e. The van der Waals surface area contributed by atoms with Crippen LogP contribution in [0.15, 0.2) is 53.4 Å². The second kappa shape index (κ2) is 7.05. The zero-order chi connectivity index (χ0) is 18.9. The summed E-state index contributed by atoms with van der Waals surface area (Å²) in [5.41, 5.74) is 6.35. The first-order valence-electron chi connectivity index (χ1n) is 8.44. The molecule has 0 spiro atoms. The number of aromatic amines is 1. The Morgan fingerprint density at radius 2 is 1.69 bits per heavy atom. The van der Waals surface area contributed by atoms with Gasteiger partial charge in [-0.2, -0.15) is 0 Å². The van der Waals surface area contributed by atoms with Crippen LogP contribution in [0.25, 0.3) is 10.9 Å². The number of aromatic nitrogens is 1. The molecule has 0 saturated heterocycles. The maximum atomic E-state index is 10.4. The number of aryl methyl sites for hydroxylation is 1. The number of hydrogen-bond donors (Lipinski definition) is 1. The van der Waals surface area contributed by atoms with Crippen molar-refractivity contribution >= 4 is 26.7 Å². The van der Waals surface area contributed by atoms with E-state index in [9.17, 15) is 13.0 Å². The molecule has 136 valence electrons. The lowest BCUT2D eigenvalue weighted by atomic mass is 10.0. The van der Waals surface area contributed by atoms with Gasteiger partial charge in [0.15, 0.2) is 5.71 Å². The second-order valence-electron chi connectivity index (χ2n) is 6.55. The average Bonchev–Trinajstić information content (AvgIpc) is 2.98. The summed E-state index contributed by atoms with van der Waals surface area (Å²) >= 11 is 0. The summed E-state index contributed by atoms with van der Waals surface area (Å²) < 4.78 is 33.5. The van der Waals surface area contributed by atoms with Gasteiger partial charge in [0.05, 0.1) is 4.90 Å². The molecule has 1 aromatic heterocycles. The fraction of sp³-hybridized carbons (Fsp3) is 0.250. The number of para-hydroxylation sites is 1. The minimum atomic E-state index is -4.27. The first kappa shape index (κ1) is 18.4. The molecule has 0 amide bonds. The van der Waals surface area contributed by atoms with Gasteiger partial charge in [-0.15, -0.1) is 0 Å². The molecule has 0 aliphatic carbocycles. The van der Waals surface area contributed by atoms with Gasteiger partial charge in [0, 0.05) is 24.2 Å². The molecular formula is C20H22N2O3S. The van der Waals surface area contributed by atoms with Crippen LogP contribution in [0.4, 0.5) is 0 Å². The number of rotatable bonds is 1. The average molecular weight is 370 g/mol. The van der Waals surface area contributed by atoms with Gasteiger partial charge in [0.1, 0.15) is 29.4 Å². The molecule has 0 fully saturated rings. The van der Waals surface area contributed by atoms with Gasteiger partial charge in [-0.25, -0.2) is 13.0 Å². The summed E-state index contributed by atoms with van der Waals surface area (Å²) in [5, 5.41) is 1.39. The van der Waals surface area contributed by atoms with Crippen molar-refractivity contribution in [3.63, 3.8) is 0 Å². The number of fused-ring (bicyclic) bond motifs is 3. The summed E-state index contributed by atoms with van der Waals surface area (Å²) in [5.74, 6) is 0. The third-order valence-electron chi connectivity index (χ3n) is 4.75. The topological polar surface area (TPSA) is 76.0 Å². The van der Waals surface area contributed by atoms with E-state index in [-0.39, 0.29) is 4.90 Å². The molecule has 3 aromatic rings. The fourth-order valence-corrected chi connectivity index (χ4v) is 3.58. The molecule has 26 heavy (non-hydrogen) atoms. The molecule has 0 radical (unpaired) electrons. The SMILES string of the molecule is CC1=[N+](C)CCc2c1[nH]c1ccccc21.Cc1ccc(S(=O)(=O)[O-])cc1. The summed E-state index contributed by atoms with van der Waals surface area (Å²) in [6, 6.07) is 14.3. The van der Waals surface area contributed by atoms with Gasteiger partial charge >= 0.3 is 0 Å². The predicted molar refractivity (Wildman–Crippen MR) is 102 cm³/mol. The van der Waals surface area contributed by atoms with Gasteiger partial charge in [-0.05, 0) is 30.7 Å². The van der Waals surface area contributed by atoms with Gasteiger partial charge in [-0.3, -0.25) is 0 Å². The molecule has 4 rings (SSSR count). The Morgan fingerprint density at radius 3 is 2.35 bits per heavy atom. The van der Waals surface area contributed by atoms with Crippen LogP contribution in [0.2, 0.25) is 0 Å². The number of benzene rings is 2. The summed E-state index contributed by atoms with van der Waals surface area (Å²) in [7, 11) is -2.11. The van der Waals surface area contributed by atoms with E-state index in [2.05, 4.69) is 47.8 Å². The standard InChI is InChI=1S/C13H14N2.C7H8O3S/c1-9-13-11(7-8-15(9)2)10-5-3-4-6-12(10)14-13;1-6-2-4-7(5-3-6)11(8,9)10/h3-6H,7-8H2,1-2H3;2-5H,1H3,(H,8,9,10). The Kier molecular flexibility index (Phi) is 4.98. The van der Waals surface area contributed by atoms with E-state index in [0.717, 1.165) is 18.5 Å². The number of likely N-dealkylation sites (N-methyl/N-ethyl adjacent to an activating group) is 1. The molecule has 1 aliphatic rings. The van der Waals surface area contributed by atoms with Crippen LogP contribution in [0.5, 0.6) is 0 Å². The molecular weight excluding hydrogens is 348 g/mol.